The van der Waals surface area contributed by atoms with E-state index in [-0.39, 0.29) is 17.5 Å². The Labute approximate surface area is 227 Å². The summed E-state index contributed by atoms with van der Waals surface area (Å²) < 4.78 is 28.8. The summed E-state index contributed by atoms with van der Waals surface area (Å²) in [6.07, 6.45) is 0. The first-order chi connectivity index (χ1) is 17.9. The van der Waals surface area contributed by atoms with Crippen LogP contribution in [-0.4, -0.2) is 42.7 Å². The third-order valence-corrected chi connectivity index (χ3v) is 11.3. The summed E-state index contributed by atoms with van der Waals surface area (Å²) in [6.45, 7) is 11.2. The molecule has 0 bridgehead atoms. The summed E-state index contributed by atoms with van der Waals surface area (Å²) in [5.41, 5.74) is 2.07. The Hall–Kier alpha value is -3.65. The molecule has 0 saturated carbocycles. The van der Waals surface area contributed by atoms with Gasteiger partial charge in [0, 0.05) is 17.3 Å². The van der Waals surface area contributed by atoms with Crippen molar-refractivity contribution >= 4 is 19.9 Å². The zero-order chi connectivity index (χ0) is 28.1. The molecule has 3 aromatic rings. The zero-order valence-corrected chi connectivity index (χ0v) is 24.9. The van der Waals surface area contributed by atoms with Crippen LogP contribution in [0.15, 0.2) is 60.7 Å². The lowest BCUT2D eigenvalue weighted by Gasteiger charge is -2.37. The molecule has 0 saturated heterocycles. The van der Waals surface area contributed by atoms with Crippen molar-refractivity contribution in [1.82, 2.24) is 0 Å². The SMILES string of the molecule is COc1ccc(N(Cc2cc(OC)c(OC)c(OC)c2)C(=O)c2ccccc2)cc1O[Si](C)(C)C(C)(C)C. The third kappa shape index (κ3) is 6.24. The Kier molecular flexibility index (Phi) is 8.99. The number of benzene rings is 3. The first-order valence-electron chi connectivity index (χ1n) is 12.5. The molecule has 0 heterocycles. The van der Waals surface area contributed by atoms with Crippen molar-refractivity contribution in [2.45, 2.75) is 45.4 Å². The van der Waals surface area contributed by atoms with E-state index in [1.165, 1.54) is 0 Å². The number of ether oxygens (including phenoxy) is 4. The number of carbonyl (C=O) groups is 1. The molecule has 0 fully saturated rings. The highest BCUT2D eigenvalue weighted by molar-refractivity contribution is 6.74. The second kappa shape index (κ2) is 11.8. The van der Waals surface area contributed by atoms with E-state index in [4.69, 9.17) is 23.4 Å². The van der Waals surface area contributed by atoms with Gasteiger partial charge in [0.1, 0.15) is 5.75 Å². The molecule has 0 atom stereocenters. The van der Waals surface area contributed by atoms with E-state index >= 15 is 0 Å². The molecule has 3 aromatic carbocycles. The van der Waals surface area contributed by atoms with Crippen LogP contribution in [0.2, 0.25) is 18.1 Å². The van der Waals surface area contributed by atoms with E-state index in [2.05, 4.69) is 33.9 Å². The van der Waals surface area contributed by atoms with E-state index in [0.29, 0.717) is 40.0 Å². The van der Waals surface area contributed by atoms with Crippen LogP contribution in [0.25, 0.3) is 0 Å². The molecule has 0 radical (unpaired) electrons. The van der Waals surface area contributed by atoms with Crippen LogP contribution in [-0.2, 0) is 6.54 Å². The molecule has 3 rings (SSSR count). The molecule has 38 heavy (non-hydrogen) atoms. The highest BCUT2D eigenvalue weighted by atomic mass is 28.4. The number of anilines is 1. The molecule has 0 unspecified atom stereocenters. The van der Waals surface area contributed by atoms with Crippen LogP contribution in [0.5, 0.6) is 28.7 Å². The monoisotopic (exact) mass is 537 g/mol. The number of hydrogen-bond donors (Lipinski definition) is 0. The zero-order valence-electron chi connectivity index (χ0n) is 23.9. The average Bonchev–Trinajstić information content (AvgIpc) is 2.90. The number of amides is 1. The lowest BCUT2D eigenvalue weighted by atomic mass is 10.1. The number of methoxy groups -OCH3 is 4. The van der Waals surface area contributed by atoms with E-state index in [0.717, 1.165) is 5.56 Å². The van der Waals surface area contributed by atoms with Gasteiger partial charge in [-0.05, 0) is 60.1 Å². The molecular formula is C30H39NO6Si. The van der Waals surface area contributed by atoms with Gasteiger partial charge in [-0.1, -0.05) is 39.0 Å². The predicted octanol–water partition coefficient (Wildman–Crippen LogP) is 6.95. The van der Waals surface area contributed by atoms with Crippen molar-refractivity contribution in [3.05, 3.63) is 71.8 Å². The molecule has 0 aromatic heterocycles. The molecule has 0 N–H and O–H groups in total. The molecule has 1 amide bonds. The number of nitrogens with zero attached hydrogens (tertiary/aromatic N) is 1. The van der Waals surface area contributed by atoms with Gasteiger partial charge in [0.15, 0.2) is 17.2 Å². The normalized spacial score (nSPS) is 11.5. The standard InChI is InChI=1S/C30H39NO6Si/c1-30(2,3)38(8,9)37-25-19-23(15-16-24(25)33-4)31(29(32)22-13-11-10-12-14-22)20-21-17-26(34-5)28(36-7)27(18-21)35-6/h10-19H,20H2,1-9H3. The van der Waals surface area contributed by atoms with Crippen molar-refractivity contribution in [2.75, 3.05) is 33.3 Å². The Balaban J connectivity index is 2.13. The maximum absolute atomic E-state index is 13.9. The maximum Gasteiger partial charge on any atom is 0.258 e. The maximum atomic E-state index is 13.9. The minimum atomic E-state index is -2.18. The summed E-state index contributed by atoms with van der Waals surface area (Å²) in [5, 5.41) is -0.0102. The van der Waals surface area contributed by atoms with Crippen molar-refractivity contribution in [3.63, 3.8) is 0 Å². The summed E-state index contributed by atoms with van der Waals surface area (Å²) in [4.78, 5) is 15.6. The van der Waals surface area contributed by atoms with E-state index in [1.54, 1.807) is 45.5 Å². The molecule has 8 heteroatoms. The summed E-state index contributed by atoms with van der Waals surface area (Å²) >= 11 is 0. The Bertz CT molecular complexity index is 1230. The minimum absolute atomic E-state index is 0.0102. The van der Waals surface area contributed by atoms with Gasteiger partial charge in [-0.25, -0.2) is 0 Å². The average molecular weight is 538 g/mol. The molecular weight excluding hydrogens is 498 g/mol. The van der Waals surface area contributed by atoms with Gasteiger partial charge in [-0.15, -0.1) is 0 Å². The van der Waals surface area contributed by atoms with Gasteiger partial charge in [-0.2, -0.15) is 0 Å². The van der Waals surface area contributed by atoms with Crippen molar-refractivity contribution in [2.24, 2.45) is 0 Å². The van der Waals surface area contributed by atoms with Crippen LogP contribution in [0.1, 0.15) is 36.7 Å². The van der Waals surface area contributed by atoms with Crippen molar-refractivity contribution in [1.29, 1.82) is 0 Å². The van der Waals surface area contributed by atoms with Gasteiger partial charge in [-0.3, -0.25) is 4.79 Å². The lowest BCUT2D eigenvalue weighted by Crippen LogP contribution is -2.44. The molecule has 0 spiro atoms. The first-order valence-corrected chi connectivity index (χ1v) is 15.4. The Morgan fingerprint density at radius 2 is 1.34 bits per heavy atom. The van der Waals surface area contributed by atoms with Gasteiger partial charge in [0.05, 0.1) is 35.0 Å². The summed E-state index contributed by atoms with van der Waals surface area (Å²) in [5.74, 6) is 2.62. The summed E-state index contributed by atoms with van der Waals surface area (Å²) in [6, 6.07) is 18.5. The van der Waals surface area contributed by atoms with E-state index < -0.39 is 8.32 Å². The molecule has 204 valence electrons. The van der Waals surface area contributed by atoms with Gasteiger partial charge in [0.2, 0.25) is 5.75 Å². The van der Waals surface area contributed by atoms with Crippen LogP contribution in [0, 0.1) is 0 Å². The van der Waals surface area contributed by atoms with Crippen molar-refractivity contribution < 1.29 is 28.2 Å². The van der Waals surface area contributed by atoms with Gasteiger partial charge < -0.3 is 28.3 Å². The molecule has 0 aliphatic carbocycles. The lowest BCUT2D eigenvalue weighted by molar-refractivity contribution is 0.0985. The quantitative estimate of drug-likeness (QED) is 0.261. The fraction of sp³-hybridized carbons (Fsp3) is 0.367. The molecule has 0 aliphatic heterocycles. The van der Waals surface area contributed by atoms with Gasteiger partial charge >= 0.3 is 0 Å². The fourth-order valence-corrected chi connectivity index (χ4v) is 4.78. The predicted molar refractivity (Wildman–Crippen MR) is 154 cm³/mol. The van der Waals surface area contributed by atoms with E-state index in [1.807, 2.05) is 48.5 Å². The highest BCUT2D eigenvalue weighted by Crippen LogP contribution is 2.42. The van der Waals surface area contributed by atoms with Crippen LogP contribution >= 0.6 is 0 Å². The first kappa shape index (κ1) is 28.9. The largest absolute Gasteiger partial charge is 0.541 e. The smallest absolute Gasteiger partial charge is 0.258 e. The minimum Gasteiger partial charge on any atom is -0.541 e. The van der Waals surface area contributed by atoms with Crippen molar-refractivity contribution in [3.8, 4) is 28.7 Å². The van der Waals surface area contributed by atoms with Gasteiger partial charge in [0.25, 0.3) is 14.2 Å². The topological polar surface area (TPSA) is 66.5 Å². The van der Waals surface area contributed by atoms with E-state index in [9.17, 15) is 4.79 Å². The Morgan fingerprint density at radius 1 is 0.763 bits per heavy atom. The highest BCUT2D eigenvalue weighted by Gasteiger charge is 2.39. The van der Waals surface area contributed by atoms with Crippen LogP contribution < -0.4 is 28.3 Å². The van der Waals surface area contributed by atoms with Crippen LogP contribution in [0.4, 0.5) is 5.69 Å². The third-order valence-electron chi connectivity index (χ3n) is 6.96. The Morgan fingerprint density at radius 3 is 1.84 bits per heavy atom. The molecule has 0 aliphatic rings. The molecule has 7 nitrogen and oxygen atoms in total. The van der Waals surface area contributed by atoms with Crippen LogP contribution in [0.3, 0.4) is 0 Å². The number of hydrogen-bond acceptors (Lipinski definition) is 6. The second-order valence-electron chi connectivity index (χ2n) is 10.5. The fourth-order valence-electron chi connectivity index (χ4n) is 3.77. The number of carbonyl (C=O) groups excluding carboxylic acids is 1. The summed E-state index contributed by atoms with van der Waals surface area (Å²) in [7, 11) is 4.14. The second-order valence-corrected chi connectivity index (χ2v) is 15.2. The number of rotatable bonds is 10.